The van der Waals surface area contributed by atoms with Crippen molar-refractivity contribution in [1.82, 2.24) is 0 Å². The van der Waals surface area contributed by atoms with Crippen LogP contribution >= 0.6 is 0 Å². The molecule has 3 aromatic rings. The first-order valence-corrected chi connectivity index (χ1v) is 9.25. The van der Waals surface area contributed by atoms with Crippen molar-refractivity contribution >= 4 is 23.2 Å². The molecule has 3 aromatic carbocycles. The van der Waals surface area contributed by atoms with Crippen LogP contribution in [-0.2, 0) is 0 Å². The average molecular weight is 404 g/mol. The first kappa shape index (κ1) is 19.3. The molecule has 7 nitrogen and oxygen atoms in total. The number of carbonyl (C=O) groups excluding carboxylic acids is 2. The van der Waals surface area contributed by atoms with Gasteiger partial charge in [-0.25, -0.2) is 0 Å². The van der Waals surface area contributed by atoms with E-state index < -0.39 is 0 Å². The van der Waals surface area contributed by atoms with Crippen LogP contribution in [0.3, 0.4) is 0 Å². The van der Waals surface area contributed by atoms with Crippen LogP contribution in [0.15, 0.2) is 60.7 Å². The Balaban J connectivity index is 1.66. The van der Waals surface area contributed by atoms with Crippen molar-refractivity contribution in [3.8, 4) is 23.0 Å². The van der Waals surface area contributed by atoms with Crippen molar-refractivity contribution in [2.45, 2.75) is 0 Å². The average Bonchev–Trinajstić information content (AvgIpc) is 2.88. The molecule has 152 valence electrons. The second kappa shape index (κ2) is 7.79. The number of amides is 2. The summed E-state index contributed by atoms with van der Waals surface area (Å²) in [6, 6.07) is 17.3. The van der Waals surface area contributed by atoms with Crippen LogP contribution in [0.25, 0.3) is 0 Å². The second-order valence-corrected chi connectivity index (χ2v) is 6.64. The molecule has 30 heavy (non-hydrogen) atoms. The van der Waals surface area contributed by atoms with E-state index in [9.17, 15) is 9.59 Å². The maximum absolute atomic E-state index is 13.0. The molecule has 0 radical (unpaired) electrons. The third-order valence-electron chi connectivity index (χ3n) is 4.87. The Labute approximate surface area is 173 Å². The Morgan fingerprint density at radius 3 is 2.53 bits per heavy atom. The largest absolute Gasteiger partial charge is 0.493 e. The number of para-hydroxylation sites is 3. The molecule has 0 saturated heterocycles. The standard InChI is InChI=1S/C23H20N2O5/c1-25-17-8-4-5-9-19(17)30-18-12-11-14(13-16(18)23(25)27)24-22(26)15-7-6-10-20(28-2)21(15)29-3/h4-13H,1-3H3,(H,24,26). The molecule has 0 aromatic heterocycles. The van der Waals surface area contributed by atoms with Crippen molar-refractivity contribution in [2.24, 2.45) is 0 Å². The third kappa shape index (κ3) is 3.30. The van der Waals surface area contributed by atoms with Gasteiger partial charge in [0.1, 0.15) is 5.75 Å². The predicted octanol–water partition coefficient (Wildman–Crippen LogP) is 4.34. The van der Waals surface area contributed by atoms with Crippen LogP contribution < -0.4 is 24.4 Å². The number of benzene rings is 3. The van der Waals surface area contributed by atoms with Crippen molar-refractivity contribution in [3.63, 3.8) is 0 Å². The lowest BCUT2D eigenvalue weighted by molar-refractivity contribution is 0.0989. The fraction of sp³-hybridized carbons (Fsp3) is 0.130. The first-order valence-electron chi connectivity index (χ1n) is 9.25. The minimum Gasteiger partial charge on any atom is -0.493 e. The quantitative estimate of drug-likeness (QED) is 0.700. The molecule has 0 bridgehead atoms. The fourth-order valence-electron chi connectivity index (χ4n) is 3.36. The minimum absolute atomic E-state index is 0.231. The molecule has 1 aliphatic heterocycles. The Morgan fingerprint density at radius 1 is 0.967 bits per heavy atom. The van der Waals surface area contributed by atoms with E-state index in [0.29, 0.717) is 45.5 Å². The van der Waals surface area contributed by atoms with Crippen LogP contribution in [0.1, 0.15) is 20.7 Å². The zero-order valence-electron chi connectivity index (χ0n) is 16.8. The van der Waals surface area contributed by atoms with Gasteiger partial charge in [0.25, 0.3) is 11.8 Å². The summed E-state index contributed by atoms with van der Waals surface area (Å²) < 4.78 is 16.5. The highest BCUT2D eigenvalue weighted by Gasteiger charge is 2.26. The number of fused-ring (bicyclic) bond motifs is 2. The monoisotopic (exact) mass is 404 g/mol. The van der Waals surface area contributed by atoms with Crippen molar-refractivity contribution in [2.75, 3.05) is 31.5 Å². The summed E-state index contributed by atoms with van der Waals surface area (Å²) in [5, 5.41) is 2.81. The molecule has 1 N–H and O–H groups in total. The second-order valence-electron chi connectivity index (χ2n) is 6.64. The molecule has 0 saturated carbocycles. The van der Waals surface area contributed by atoms with Gasteiger partial charge in [-0.2, -0.15) is 0 Å². The molecule has 1 aliphatic rings. The molecule has 0 atom stereocenters. The number of ether oxygens (including phenoxy) is 3. The van der Waals surface area contributed by atoms with Gasteiger partial charge in [0, 0.05) is 12.7 Å². The number of nitrogens with one attached hydrogen (secondary N) is 1. The Hall–Kier alpha value is -4.00. The number of nitrogens with zero attached hydrogens (tertiary/aromatic N) is 1. The molecule has 0 spiro atoms. The summed E-state index contributed by atoms with van der Waals surface area (Å²) in [5.74, 6) is 1.19. The van der Waals surface area contributed by atoms with Crippen molar-refractivity contribution < 1.29 is 23.8 Å². The van der Waals surface area contributed by atoms with Crippen molar-refractivity contribution in [1.29, 1.82) is 0 Å². The summed E-state index contributed by atoms with van der Waals surface area (Å²) in [6.45, 7) is 0. The summed E-state index contributed by atoms with van der Waals surface area (Å²) in [6.07, 6.45) is 0. The van der Waals surface area contributed by atoms with Crippen LogP contribution in [0.2, 0.25) is 0 Å². The van der Waals surface area contributed by atoms with E-state index in [1.807, 2.05) is 18.2 Å². The van der Waals surface area contributed by atoms with Crippen molar-refractivity contribution in [3.05, 3.63) is 71.8 Å². The molecular formula is C23H20N2O5. The van der Waals surface area contributed by atoms with Crippen LogP contribution in [-0.4, -0.2) is 33.1 Å². The van der Waals surface area contributed by atoms with E-state index in [1.165, 1.54) is 19.1 Å². The summed E-state index contributed by atoms with van der Waals surface area (Å²) in [4.78, 5) is 27.4. The number of hydrogen-bond acceptors (Lipinski definition) is 5. The Bertz CT molecular complexity index is 1140. The van der Waals surface area contributed by atoms with Gasteiger partial charge in [-0.1, -0.05) is 18.2 Å². The molecule has 4 rings (SSSR count). The highest BCUT2D eigenvalue weighted by Crippen LogP contribution is 2.39. The van der Waals surface area contributed by atoms with Gasteiger partial charge in [-0.15, -0.1) is 0 Å². The molecule has 0 fully saturated rings. The predicted molar refractivity (Wildman–Crippen MR) is 113 cm³/mol. The fourth-order valence-corrected chi connectivity index (χ4v) is 3.36. The van der Waals surface area contributed by atoms with Gasteiger partial charge < -0.3 is 24.4 Å². The molecule has 1 heterocycles. The SMILES string of the molecule is COc1cccc(C(=O)Nc2ccc3c(c2)C(=O)N(C)c2ccccc2O3)c1OC. The lowest BCUT2D eigenvalue weighted by atomic mass is 10.1. The molecule has 2 amide bonds. The molecular weight excluding hydrogens is 384 g/mol. The normalized spacial score (nSPS) is 12.2. The number of carbonyl (C=O) groups is 2. The zero-order chi connectivity index (χ0) is 21.3. The van der Waals surface area contributed by atoms with Crippen LogP contribution in [0.5, 0.6) is 23.0 Å². The number of rotatable bonds is 4. The number of methoxy groups -OCH3 is 2. The minimum atomic E-state index is -0.385. The van der Waals surface area contributed by atoms with E-state index in [1.54, 1.807) is 49.5 Å². The lowest BCUT2D eigenvalue weighted by Crippen LogP contribution is -2.25. The Morgan fingerprint density at radius 2 is 1.77 bits per heavy atom. The summed E-state index contributed by atoms with van der Waals surface area (Å²) in [5.41, 5.74) is 1.80. The van der Waals surface area contributed by atoms with Gasteiger partial charge in [0.2, 0.25) is 0 Å². The topological polar surface area (TPSA) is 77.1 Å². The smallest absolute Gasteiger partial charge is 0.261 e. The third-order valence-corrected chi connectivity index (χ3v) is 4.87. The molecule has 7 heteroatoms. The molecule has 0 aliphatic carbocycles. The maximum Gasteiger partial charge on any atom is 0.261 e. The zero-order valence-corrected chi connectivity index (χ0v) is 16.8. The van der Waals surface area contributed by atoms with Gasteiger partial charge in [0.15, 0.2) is 17.2 Å². The highest BCUT2D eigenvalue weighted by atomic mass is 16.5. The molecule has 0 unspecified atom stereocenters. The highest BCUT2D eigenvalue weighted by molar-refractivity contribution is 6.11. The number of anilines is 2. The van der Waals surface area contributed by atoms with E-state index in [0.717, 1.165) is 0 Å². The van der Waals surface area contributed by atoms with E-state index in [-0.39, 0.29) is 11.8 Å². The number of hydrogen-bond donors (Lipinski definition) is 1. The Kier molecular flexibility index (Phi) is 5.02. The lowest BCUT2D eigenvalue weighted by Gasteiger charge is -2.16. The van der Waals surface area contributed by atoms with Gasteiger partial charge in [-0.3, -0.25) is 9.59 Å². The van der Waals surface area contributed by atoms with E-state index >= 15 is 0 Å². The maximum atomic E-state index is 13.0. The van der Waals surface area contributed by atoms with E-state index in [4.69, 9.17) is 14.2 Å². The summed E-state index contributed by atoms with van der Waals surface area (Å²) >= 11 is 0. The summed E-state index contributed by atoms with van der Waals surface area (Å²) in [7, 11) is 4.67. The van der Waals surface area contributed by atoms with Gasteiger partial charge >= 0.3 is 0 Å². The van der Waals surface area contributed by atoms with Gasteiger partial charge in [0.05, 0.1) is 31.0 Å². The van der Waals surface area contributed by atoms with Crippen LogP contribution in [0, 0.1) is 0 Å². The van der Waals surface area contributed by atoms with E-state index in [2.05, 4.69) is 5.32 Å². The van der Waals surface area contributed by atoms with Crippen LogP contribution in [0.4, 0.5) is 11.4 Å². The first-order chi connectivity index (χ1) is 14.5. The van der Waals surface area contributed by atoms with Gasteiger partial charge in [-0.05, 0) is 42.5 Å².